The van der Waals surface area contributed by atoms with E-state index in [0.29, 0.717) is 37.4 Å². The van der Waals surface area contributed by atoms with Gasteiger partial charge in [0.15, 0.2) is 0 Å². The first-order chi connectivity index (χ1) is 16.6. The molecule has 10 nitrogen and oxygen atoms in total. The van der Waals surface area contributed by atoms with Gasteiger partial charge in [0, 0.05) is 18.6 Å². The number of hydrogen-bond acceptors (Lipinski definition) is 9. The van der Waals surface area contributed by atoms with Crippen molar-refractivity contribution in [3.8, 4) is 11.5 Å². The van der Waals surface area contributed by atoms with Crippen molar-refractivity contribution in [3.05, 3.63) is 59.1 Å². The highest BCUT2D eigenvalue weighted by atomic mass is 16.7. The molecule has 1 aromatic carbocycles. The predicted molar refractivity (Wildman–Crippen MR) is 120 cm³/mol. The summed E-state index contributed by atoms with van der Waals surface area (Å²) in [6, 6.07) is 5.57. The van der Waals surface area contributed by atoms with Gasteiger partial charge in [-0.2, -0.15) is 0 Å². The van der Waals surface area contributed by atoms with Crippen LogP contribution in [0.2, 0.25) is 0 Å². The van der Waals surface area contributed by atoms with Gasteiger partial charge in [0.05, 0.1) is 65.0 Å². The molecule has 182 valence electrons. The van der Waals surface area contributed by atoms with Crippen LogP contribution in [0, 0.1) is 11.8 Å². The summed E-state index contributed by atoms with van der Waals surface area (Å²) in [6.07, 6.45) is 5.65. The van der Waals surface area contributed by atoms with E-state index in [1.807, 2.05) is 24.4 Å². The summed E-state index contributed by atoms with van der Waals surface area (Å²) in [5.74, 6) is 0.931. The van der Waals surface area contributed by atoms with Gasteiger partial charge < -0.3 is 28.4 Å². The lowest BCUT2D eigenvalue weighted by atomic mass is 9.83. The smallest absolute Gasteiger partial charge is 0.337 e. The summed E-state index contributed by atoms with van der Waals surface area (Å²) < 4.78 is 34.4. The van der Waals surface area contributed by atoms with Crippen LogP contribution < -0.4 is 9.47 Å². The molecule has 10 heteroatoms. The third-order valence-corrected chi connectivity index (χ3v) is 6.10. The van der Waals surface area contributed by atoms with Crippen LogP contribution in [0.5, 0.6) is 11.5 Å². The molecule has 1 aliphatic carbocycles. The van der Waals surface area contributed by atoms with Gasteiger partial charge in [-0.25, -0.2) is 9.48 Å². The standard InChI is InChI=1S/C24H29N3O7/c1-29-18-6-8-21(30-2)16(9-18)12-33-13-17-11-27(26-25-17)10-15-5-7-19-20(23(28)31-3)14-34-24(32-4)22(15)19/h5-6,8-9,11,14,19,22,24H,7,10,12-13H2,1-4H3/t19-,22-,24-/m1/s1. The molecule has 0 fully saturated rings. The first kappa shape index (κ1) is 23.8. The normalized spacial score (nSPS) is 21.2. The fourth-order valence-electron chi connectivity index (χ4n) is 4.44. The molecule has 0 saturated heterocycles. The third-order valence-electron chi connectivity index (χ3n) is 6.10. The SMILES string of the molecule is COC(=O)C1=CO[C@@H](OC)[C@@H]2C(Cn3cc(COCc4cc(OC)ccc4OC)nn3)=CC[C@H]12. The summed E-state index contributed by atoms with van der Waals surface area (Å²) >= 11 is 0. The number of aromatic nitrogens is 3. The highest BCUT2D eigenvalue weighted by Crippen LogP contribution is 2.44. The van der Waals surface area contributed by atoms with E-state index < -0.39 is 6.29 Å². The number of nitrogens with zero attached hydrogens (tertiary/aromatic N) is 3. The maximum atomic E-state index is 12.2. The number of esters is 1. The topological polar surface area (TPSA) is 103 Å². The lowest BCUT2D eigenvalue weighted by molar-refractivity contribution is -0.146. The molecule has 1 aromatic heterocycles. The first-order valence-corrected chi connectivity index (χ1v) is 10.9. The number of hydrogen-bond donors (Lipinski definition) is 0. The van der Waals surface area contributed by atoms with Crippen LogP contribution in [-0.4, -0.2) is 55.7 Å². The quantitative estimate of drug-likeness (QED) is 0.382. The van der Waals surface area contributed by atoms with Gasteiger partial charge in [0.25, 0.3) is 0 Å². The Kier molecular flexibility index (Phi) is 7.49. The molecule has 0 bridgehead atoms. The first-order valence-electron chi connectivity index (χ1n) is 10.9. The summed E-state index contributed by atoms with van der Waals surface area (Å²) in [5.41, 5.74) is 3.18. The van der Waals surface area contributed by atoms with Gasteiger partial charge in [-0.15, -0.1) is 5.10 Å². The molecule has 1 aliphatic heterocycles. The molecule has 3 atom stereocenters. The van der Waals surface area contributed by atoms with E-state index in [1.165, 1.54) is 13.4 Å². The Morgan fingerprint density at radius 1 is 1.18 bits per heavy atom. The second kappa shape index (κ2) is 10.7. The third kappa shape index (κ3) is 4.92. The molecule has 0 unspecified atom stereocenters. The van der Waals surface area contributed by atoms with Gasteiger partial charge in [-0.1, -0.05) is 11.3 Å². The van der Waals surface area contributed by atoms with Crippen LogP contribution in [0.3, 0.4) is 0 Å². The van der Waals surface area contributed by atoms with E-state index in [2.05, 4.69) is 16.4 Å². The molecule has 2 aromatic rings. The minimum absolute atomic E-state index is 0.0506. The Labute approximate surface area is 198 Å². The average Bonchev–Trinajstić information content (AvgIpc) is 3.50. The van der Waals surface area contributed by atoms with Crippen LogP contribution in [0.1, 0.15) is 17.7 Å². The second-order valence-electron chi connectivity index (χ2n) is 8.03. The predicted octanol–water partition coefficient (Wildman–Crippen LogP) is 2.63. The monoisotopic (exact) mass is 471 g/mol. The molecular weight excluding hydrogens is 442 g/mol. The number of methoxy groups -OCH3 is 4. The van der Waals surface area contributed by atoms with E-state index in [-0.39, 0.29) is 17.8 Å². The van der Waals surface area contributed by atoms with Gasteiger partial charge >= 0.3 is 5.97 Å². The average molecular weight is 472 g/mol. The number of benzene rings is 1. The van der Waals surface area contributed by atoms with Crippen LogP contribution in [-0.2, 0) is 43.5 Å². The minimum Gasteiger partial charge on any atom is -0.497 e. The molecule has 2 aliphatic rings. The Hall–Kier alpha value is -3.37. The van der Waals surface area contributed by atoms with Crippen molar-refractivity contribution >= 4 is 5.97 Å². The molecule has 4 rings (SSSR count). The zero-order valence-electron chi connectivity index (χ0n) is 19.7. The molecule has 0 saturated carbocycles. The Morgan fingerprint density at radius 2 is 2.03 bits per heavy atom. The van der Waals surface area contributed by atoms with E-state index in [0.717, 1.165) is 22.6 Å². The Morgan fingerprint density at radius 3 is 2.76 bits per heavy atom. The molecular formula is C24H29N3O7. The molecule has 0 spiro atoms. The van der Waals surface area contributed by atoms with Crippen molar-refractivity contribution in [1.82, 2.24) is 15.0 Å². The fraction of sp³-hybridized carbons (Fsp3) is 0.458. The Bertz CT molecular complexity index is 1080. The van der Waals surface area contributed by atoms with Crippen molar-refractivity contribution in [2.75, 3.05) is 28.4 Å². The van der Waals surface area contributed by atoms with Gasteiger partial charge in [0.1, 0.15) is 17.2 Å². The zero-order chi connectivity index (χ0) is 24.1. The Balaban J connectivity index is 1.37. The number of allylic oxidation sites excluding steroid dienone is 1. The lowest BCUT2D eigenvalue weighted by Gasteiger charge is -2.34. The maximum absolute atomic E-state index is 12.2. The molecule has 2 heterocycles. The van der Waals surface area contributed by atoms with Crippen LogP contribution in [0.4, 0.5) is 0 Å². The molecule has 34 heavy (non-hydrogen) atoms. The molecule has 0 radical (unpaired) electrons. The van der Waals surface area contributed by atoms with Crippen molar-refractivity contribution < 1.29 is 33.2 Å². The summed E-state index contributed by atoms with van der Waals surface area (Å²) in [6.45, 7) is 1.15. The van der Waals surface area contributed by atoms with E-state index in [9.17, 15) is 4.79 Å². The summed E-state index contributed by atoms with van der Waals surface area (Å²) in [7, 11) is 6.20. The number of rotatable bonds is 10. The highest BCUT2D eigenvalue weighted by Gasteiger charge is 2.44. The van der Waals surface area contributed by atoms with E-state index in [4.69, 9.17) is 28.4 Å². The van der Waals surface area contributed by atoms with Crippen LogP contribution >= 0.6 is 0 Å². The van der Waals surface area contributed by atoms with E-state index in [1.54, 1.807) is 26.0 Å². The van der Waals surface area contributed by atoms with E-state index >= 15 is 0 Å². The van der Waals surface area contributed by atoms with Gasteiger partial charge in [-0.3, -0.25) is 0 Å². The fourth-order valence-corrected chi connectivity index (χ4v) is 4.44. The highest BCUT2D eigenvalue weighted by molar-refractivity contribution is 5.89. The number of fused-ring (bicyclic) bond motifs is 1. The maximum Gasteiger partial charge on any atom is 0.337 e. The second-order valence-corrected chi connectivity index (χ2v) is 8.03. The number of ether oxygens (including phenoxy) is 6. The zero-order valence-corrected chi connectivity index (χ0v) is 19.7. The van der Waals surface area contributed by atoms with Crippen molar-refractivity contribution in [2.24, 2.45) is 11.8 Å². The van der Waals surface area contributed by atoms with Gasteiger partial charge in [-0.05, 0) is 30.2 Å². The van der Waals surface area contributed by atoms with Crippen LogP contribution in [0.25, 0.3) is 0 Å². The summed E-state index contributed by atoms with van der Waals surface area (Å²) in [5, 5.41) is 8.46. The largest absolute Gasteiger partial charge is 0.497 e. The minimum atomic E-state index is -0.476. The number of carbonyl (C=O) groups excluding carboxylic acids is 1. The summed E-state index contributed by atoms with van der Waals surface area (Å²) in [4.78, 5) is 12.2. The van der Waals surface area contributed by atoms with Crippen molar-refractivity contribution in [3.63, 3.8) is 0 Å². The van der Waals surface area contributed by atoms with Crippen molar-refractivity contribution in [2.45, 2.75) is 32.5 Å². The van der Waals surface area contributed by atoms with Gasteiger partial charge in [0.2, 0.25) is 6.29 Å². The number of carbonyl (C=O) groups is 1. The lowest BCUT2D eigenvalue weighted by Crippen LogP contribution is -2.37. The molecule has 0 amide bonds. The van der Waals surface area contributed by atoms with Crippen LogP contribution in [0.15, 0.2) is 47.9 Å². The molecule has 0 N–H and O–H groups in total. The van der Waals surface area contributed by atoms with Crippen molar-refractivity contribution in [1.29, 1.82) is 0 Å².